The predicted molar refractivity (Wildman–Crippen MR) is 118 cm³/mol. The third-order valence-corrected chi connectivity index (χ3v) is 5.04. The van der Waals surface area contributed by atoms with Gasteiger partial charge in [0, 0.05) is 28.1 Å². The molecule has 0 aliphatic heterocycles. The number of benzene rings is 1. The maximum absolute atomic E-state index is 12.7. The van der Waals surface area contributed by atoms with E-state index in [9.17, 15) is 9.59 Å². The summed E-state index contributed by atoms with van der Waals surface area (Å²) in [6.07, 6.45) is 1.30. The molecule has 10 heteroatoms. The van der Waals surface area contributed by atoms with Gasteiger partial charge in [0.05, 0.1) is 5.71 Å². The lowest BCUT2D eigenvalue weighted by Crippen LogP contribution is -2.41. The molecule has 0 saturated heterocycles. The molecule has 8 nitrogen and oxygen atoms in total. The molecule has 0 fully saturated rings. The highest BCUT2D eigenvalue weighted by Crippen LogP contribution is 2.38. The molecule has 1 aromatic carbocycles. The Morgan fingerprint density at radius 3 is 2.43 bits per heavy atom. The van der Waals surface area contributed by atoms with Crippen LogP contribution in [0.15, 0.2) is 33.8 Å². The average molecular weight is 448 g/mol. The number of furan rings is 1. The van der Waals surface area contributed by atoms with Crippen LogP contribution in [-0.2, 0) is 6.42 Å². The number of hydrogen-bond acceptors (Lipinski definition) is 5. The topological polar surface area (TPSA) is 122 Å². The lowest BCUT2D eigenvalue weighted by atomic mass is 9.75. The molecular weight excluding hydrogens is 426 g/mol. The Kier molecular flexibility index (Phi) is 6.14. The lowest BCUT2D eigenvalue weighted by Gasteiger charge is -2.29. The van der Waals surface area contributed by atoms with E-state index >= 15 is 0 Å². The Labute approximate surface area is 184 Å². The number of nitrogens with two attached hydrogens (primary N) is 1. The Hall–Kier alpha value is -2.91. The minimum atomic E-state index is -0.566. The van der Waals surface area contributed by atoms with E-state index in [4.69, 9.17) is 34.0 Å². The number of nitrogens with one attached hydrogen (secondary N) is 3. The number of hydrogen-bond donors (Lipinski definition) is 4. The van der Waals surface area contributed by atoms with Crippen molar-refractivity contribution >= 4 is 46.5 Å². The first-order valence-electron chi connectivity index (χ1n) is 9.18. The van der Waals surface area contributed by atoms with Crippen LogP contribution < -0.4 is 22.0 Å². The molecular formula is C20H22ClN5O3S. The second-order valence-corrected chi connectivity index (χ2v) is 8.70. The molecule has 0 radical (unpaired) electrons. The number of hydrazine groups is 1. The zero-order valence-corrected chi connectivity index (χ0v) is 18.3. The summed E-state index contributed by atoms with van der Waals surface area (Å²) in [7, 11) is 0. The summed E-state index contributed by atoms with van der Waals surface area (Å²) in [6.45, 7) is 5.93. The number of nitrogens with zero attached hydrogens (tertiary/aromatic N) is 1. The minimum Gasteiger partial charge on any atom is -0.455 e. The monoisotopic (exact) mass is 447 g/mol. The van der Waals surface area contributed by atoms with Gasteiger partial charge in [0.15, 0.2) is 10.9 Å². The second-order valence-electron chi connectivity index (χ2n) is 7.82. The summed E-state index contributed by atoms with van der Waals surface area (Å²) in [5.41, 5.74) is 15.2. The Bertz CT molecular complexity index is 1040. The zero-order chi connectivity index (χ0) is 22.1. The first-order valence-corrected chi connectivity index (χ1v) is 9.97. The number of amides is 2. The summed E-state index contributed by atoms with van der Waals surface area (Å²) in [5, 5.41) is 4.87. The van der Waals surface area contributed by atoms with E-state index in [-0.39, 0.29) is 16.3 Å². The molecule has 3 rings (SSSR count). The second kappa shape index (κ2) is 8.45. The highest BCUT2D eigenvalue weighted by molar-refractivity contribution is 7.80. The van der Waals surface area contributed by atoms with Crippen molar-refractivity contribution in [1.82, 2.24) is 16.3 Å². The lowest BCUT2D eigenvalue weighted by molar-refractivity contribution is 0.0828. The van der Waals surface area contributed by atoms with Crippen LogP contribution in [0.25, 0.3) is 0 Å². The molecule has 0 bridgehead atoms. The van der Waals surface area contributed by atoms with Crippen molar-refractivity contribution in [2.45, 2.75) is 33.6 Å². The third kappa shape index (κ3) is 4.80. The van der Waals surface area contributed by atoms with E-state index in [0.717, 1.165) is 5.56 Å². The number of carbonyl (C=O) groups is 2. The number of thiocarbonyl (C=S) groups is 1. The van der Waals surface area contributed by atoms with Gasteiger partial charge >= 0.3 is 5.91 Å². The van der Waals surface area contributed by atoms with Crippen LogP contribution in [0.5, 0.6) is 0 Å². The zero-order valence-electron chi connectivity index (χ0n) is 16.8. The predicted octanol–water partition coefficient (Wildman–Crippen LogP) is 2.83. The molecule has 0 unspecified atom stereocenters. The molecule has 1 aromatic heterocycles. The molecule has 2 aromatic rings. The van der Waals surface area contributed by atoms with Crippen molar-refractivity contribution < 1.29 is 14.0 Å². The van der Waals surface area contributed by atoms with E-state index in [1.807, 2.05) is 0 Å². The van der Waals surface area contributed by atoms with Gasteiger partial charge in [0.2, 0.25) is 0 Å². The first kappa shape index (κ1) is 21.8. The van der Waals surface area contributed by atoms with Gasteiger partial charge in [-0.05, 0) is 55.2 Å². The van der Waals surface area contributed by atoms with Crippen molar-refractivity contribution in [2.24, 2.45) is 16.3 Å². The molecule has 1 heterocycles. The fourth-order valence-corrected chi connectivity index (χ4v) is 3.56. The highest BCUT2D eigenvalue weighted by Gasteiger charge is 2.36. The third-order valence-electron chi connectivity index (χ3n) is 4.70. The van der Waals surface area contributed by atoms with E-state index in [2.05, 4.69) is 35.2 Å². The fraction of sp³-hybridized carbons (Fsp3) is 0.300. The SMILES string of the molecule is Cc1c(C(=O)NNC(=O)c2ccc(Cl)cc2)oc2c1/C(=N\NC(N)=S)CC(C)(C)C2. The number of fused-ring (bicyclic) bond motifs is 1. The summed E-state index contributed by atoms with van der Waals surface area (Å²) < 4.78 is 5.87. The standard InChI is InChI=1S/C20H22ClN5O3S/c1-10-15-13(23-26-19(22)30)8-20(2,3)9-14(15)29-16(10)18(28)25-24-17(27)11-4-6-12(21)7-5-11/h4-7H,8-9H2,1-3H3,(H,24,27)(H,25,28)(H3,22,26,30)/b23-13-. The average Bonchev–Trinajstić information content (AvgIpc) is 2.99. The normalized spacial score (nSPS) is 15.9. The molecule has 2 amide bonds. The quantitative estimate of drug-likeness (QED) is 0.424. The molecule has 0 spiro atoms. The van der Waals surface area contributed by atoms with Crippen molar-refractivity contribution in [3.05, 3.63) is 57.5 Å². The van der Waals surface area contributed by atoms with Gasteiger partial charge in [-0.3, -0.25) is 25.9 Å². The van der Waals surface area contributed by atoms with E-state index < -0.39 is 11.8 Å². The van der Waals surface area contributed by atoms with Crippen LogP contribution in [0.3, 0.4) is 0 Å². The van der Waals surface area contributed by atoms with Gasteiger partial charge in [-0.15, -0.1) is 0 Å². The summed E-state index contributed by atoms with van der Waals surface area (Å²) >= 11 is 10.7. The van der Waals surface area contributed by atoms with Crippen molar-refractivity contribution in [3.8, 4) is 0 Å². The molecule has 158 valence electrons. The van der Waals surface area contributed by atoms with E-state index in [1.54, 1.807) is 31.2 Å². The minimum absolute atomic E-state index is 0.0523. The van der Waals surface area contributed by atoms with Crippen LogP contribution in [-0.4, -0.2) is 22.6 Å². The number of carbonyl (C=O) groups excluding carboxylic acids is 2. The highest BCUT2D eigenvalue weighted by atomic mass is 35.5. The van der Waals surface area contributed by atoms with Crippen LogP contribution in [0.1, 0.15) is 58.1 Å². The molecule has 30 heavy (non-hydrogen) atoms. The number of rotatable bonds is 3. The van der Waals surface area contributed by atoms with Crippen molar-refractivity contribution in [2.75, 3.05) is 0 Å². The Balaban J connectivity index is 1.81. The van der Waals surface area contributed by atoms with Crippen molar-refractivity contribution in [1.29, 1.82) is 0 Å². The summed E-state index contributed by atoms with van der Waals surface area (Å²) in [6, 6.07) is 6.29. The van der Waals surface area contributed by atoms with Crippen molar-refractivity contribution in [3.63, 3.8) is 0 Å². The van der Waals surface area contributed by atoms with Crippen LogP contribution in [0.4, 0.5) is 0 Å². The molecule has 0 atom stereocenters. The fourth-order valence-electron chi connectivity index (χ4n) is 3.39. The van der Waals surface area contributed by atoms with Gasteiger partial charge in [0.25, 0.3) is 5.91 Å². The van der Waals surface area contributed by atoms with Crippen LogP contribution in [0, 0.1) is 12.3 Å². The summed E-state index contributed by atoms with van der Waals surface area (Å²) in [4.78, 5) is 24.9. The Morgan fingerprint density at radius 1 is 1.17 bits per heavy atom. The maximum Gasteiger partial charge on any atom is 0.305 e. The molecule has 1 aliphatic rings. The van der Waals surface area contributed by atoms with Gasteiger partial charge in [-0.2, -0.15) is 5.10 Å². The van der Waals surface area contributed by atoms with E-state index in [0.29, 0.717) is 40.5 Å². The van der Waals surface area contributed by atoms with Gasteiger partial charge < -0.3 is 10.2 Å². The van der Waals surface area contributed by atoms with Crippen LogP contribution >= 0.6 is 23.8 Å². The Morgan fingerprint density at radius 2 is 1.80 bits per heavy atom. The number of halogens is 1. The number of hydrazone groups is 1. The molecule has 0 saturated carbocycles. The smallest absolute Gasteiger partial charge is 0.305 e. The molecule has 5 N–H and O–H groups in total. The first-order chi connectivity index (χ1) is 14.1. The summed E-state index contributed by atoms with van der Waals surface area (Å²) in [5.74, 6) is -0.278. The largest absolute Gasteiger partial charge is 0.455 e. The van der Waals surface area contributed by atoms with E-state index in [1.165, 1.54) is 0 Å². The molecule has 1 aliphatic carbocycles. The van der Waals surface area contributed by atoms with Crippen LogP contribution in [0.2, 0.25) is 5.02 Å². The van der Waals surface area contributed by atoms with Gasteiger partial charge in [0.1, 0.15) is 5.76 Å². The van der Waals surface area contributed by atoms with Gasteiger partial charge in [-0.25, -0.2) is 0 Å². The maximum atomic E-state index is 12.7. The van der Waals surface area contributed by atoms with Gasteiger partial charge in [-0.1, -0.05) is 25.4 Å².